The Kier molecular flexibility index (Phi) is 4.44. The maximum absolute atomic E-state index is 12.7. The number of ether oxygens (including phenoxy) is 2. The fourth-order valence-corrected chi connectivity index (χ4v) is 4.44. The minimum Gasteiger partial charge on any atom is -0.469 e. The van der Waals surface area contributed by atoms with Crippen LogP contribution in [-0.2, 0) is 19.1 Å². The van der Waals surface area contributed by atoms with Crippen LogP contribution in [0, 0.1) is 16.7 Å². The first kappa shape index (κ1) is 15.8. The van der Waals surface area contributed by atoms with Crippen LogP contribution in [0.3, 0.4) is 0 Å². The van der Waals surface area contributed by atoms with Gasteiger partial charge in [-0.05, 0) is 57.3 Å². The van der Waals surface area contributed by atoms with Gasteiger partial charge >= 0.3 is 5.97 Å². The summed E-state index contributed by atoms with van der Waals surface area (Å²) in [6.07, 6.45) is 7.05. The lowest BCUT2D eigenvalue weighted by molar-refractivity contribution is -0.166. The normalized spacial score (nSPS) is 37.6. The van der Waals surface area contributed by atoms with E-state index in [4.69, 9.17) is 9.47 Å². The Morgan fingerprint density at radius 2 is 1.77 bits per heavy atom. The van der Waals surface area contributed by atoms with Crippen LogP contribution < -0.4 is 5.32 Å². The SMILES string of the molecule is COC(=O)C12CCC(C(=O)NC[C@H]3CCCOC3)(CC1)CC2. The predicted octanol–water partition coefficient (Wildman–Crippen LogP) is 2.04. The standard InChI is InChI=1S/C17H27NO4/c1-21-15(20)17-7-4-16(5-8-17,6-9-17)14(19)18-11-13-3-2-10-22-12-13/h13H,2-12H2,1H3,(H,18,19)/t13-,16?,17?/m1/s1. The molecule has 1 saturated heterocycles. The van der Waals surface area contributed by atoms with Crippen LogP contribution in [0.4, 0.5) is 0 Å². The van der Waals surface area contributed by atoms with Gasteiger partial charge in [0.1, 0.15) is 0 Å². The van der Waals surface area contributed by atoms with E-state index < -0.39 is 0 Å². The molecule has 1 heterocycles. The summed E-state index contributed by atoms with van der Waals surface area (Å²) in [6, 6.07) is 0. The van der Waals surface area contributed by atoms with Gasteiger partial charge in [0.15, 0.2) is 0 Å². The molecule has 4 fully saturated rings. The zero-order chi connectivity index (χ0) is 15.6. The number of fused-ring (bicyclic) bond motifs is 3. The molecular formula is C17H27NO4. The number of carbonyl (C=O) groups excluding carboxylic acids is 2. The average Bonchev–Trinajstić information content (AvgIpc) is 2.61. The number of amides is 1. The molecule has 5 heteroatoms. The Hall–Kier alpha value is -1.10. The number of hydrogen-bond acceptors (Lipinski definition) is 4. The summed E-state index contributed by atoms with van der Waals surface area (Å²) in [5, 5.41) is 3.16. The monoisotopic (exact) mass is 309 g/mol. The summed E-state index contributed by atoms with van der Waals surface area (Å²) in [5.41, 5.74) is -0.556. The molecular weight excluding hydrogens is 282 g/mol. The number of nitrogens with one attached hydrogen (secondary N) is 1. The van der Waals surface area contributed by atoms with Crippen molar-refractivity contribution in [3.63, 3.8) is 0 Å². The van der Waals surface area contributed by atoms with E-state index in [2.05, 4.69) is 5.32 Å². The third-order valence-corrected chi connectivity index (χ3v) is 6.15. The van der Waals surface area contributed by atoms with Crippen LogP contribution in [0.15, 0.2) is 0 Å². The van der Waals surface area contributed by atoms with E-state index >= 15 is 0 Å². The fraction of sp³-hybridized carbons (Fsp3) is 0.882. The van der Waals surface area contributed by atoms with E-state index in [1.807, 2.05) is 0 Å². The minimum absolute atomic E-state index is 0.0828. The number of carbonyl (C=O) groups is 2. The zero-order valence-electron chi connectivity index (χ0n) is 13.5. The van der Waals surface area contributed by atoms with Gasteiger partial charge in [0.2, 0.25) is 5.91 Å². The number of hydrogen-bond donors (Lipinski definition) is 1. The van der Waals surface area contributed by atoms with E-state index in [1.54, 1.807) is 0 Å². The van der Waals surface area contributed by atoms with Crippen LogP contribution in [0.1, 0.15) is 51.4 Å². The summed E-state index contributed by atoms with van der Waals surface area (Å²) in [7, 11) is 1.46. The molecule has 124 valence electrons. The fourth-order valence-electron chi connectivity index (χ4n) is 4.44. The van der Waals surface area contributed by atoms with Gasteiger partial charge in [-0.1, -0.05) is 0 Å². The Balaban J connectivity index is 1.55. The molecule has 0 unspecified atom stereocenters. The molecule has 0 aromatic carbocycles. The summed E-state index contributed by atoms with van der Waals surface area (Å²) < 4.78 is 10.4. The average molecular weight is 309 g/mol. The van der Waals surface area contributed by atoms with E-state index in [1.165, 1.54) is 7.11 Å². The highest BCUT2D eigenvalue weighted by atomic mass is 16.5. The molecule has 0 aromatic rings. The van der Waals surface area contributed by atoms with Gasteiger partial charge in [-0.15, -0.1) is 0 Å². The van der Waals surface area contributed by atoms with Crippen LogP contribution in [0.5, 0.6) is 0 Å². The van der Waals surface area contributed by atoms with Crippen molar-refractivity contribution in [3.05, 3.63) is 0 Å². The van der Waals surface area contributed by atoms with Crippen molar-refractivity contribution in [2.75, 3.05) is 26.9 Å². The molecule has 0 aromatic heterocycles. The van der Waals surface area contributed by atoms with Crippen molar-refractivity contribution in [2.24, 2.45) is 16.7 Å². The Bertz CT molecular complexity index is 417. The summed E-state index contributed by atoms with van der Waals surface area (Å²) in [5.74, 6) is 0.562. The maximum Gasteiger partial charge on any atom is 0.311 e. The zero-order valence-corrected chi connectivity index (χ0v) is 13.5. The van der Waals surface area contributed by atoms with Gasteiger partial charge in [-0.2, -0.15) is 0 Å². The molecule has 0 radical (unpaired) electrons. The van der Waals surface area contributed by atoms with Crippen molar-refractivity contribution in [2.45, 2.75) is 51.4 Å². The van der Waals surface area contributed by atoms with Crippen LogP contribution >= 0.6 is 0 Å². The lowest BCUT2D eigenvalue weighted by Gasteiger charge is -2.50. The van der Waals surface area contributed by atoms with Gasteiger partial charge in [-0.25, -0.2) is 0 Å². The van der Waals surface area contributed by atoms with Gasteiger partial charge in [0, 0.05) is 18.6 Å². The molecule has 1 atom stereocenters. The lowest BCUT2D eigenvalue weighted by atomic mass is 9.53. The first-order valence-electron chi connectivity index (χ1n) is 8.55. The van der Waals surface area contributed by atoms with E-state index in [0.29, 0.717) is 5.92 Å². The minimum atomic E-state index is -0.312. The smallest absolute Gasteiger partial charge is 0.311 e. The number of methoxy groups -OCH3 is 1. The number of esters is 1. The molecule has 4 rings (SSSR count). The first-order valence-corrected chi connectivity index (χ1v) is 8.55. The Morgan fingerprint density at radius 1 is 1.14 bits per heavy atom. The van der Waals surface area contributed by atoms with E-state index in [9.17, 15) is 9.59 Å². The molecule has 1 N–H and O–H groups in total. The summed E-state index contributed by atoms with van der Waals surface area (Å²) >= 11 is 0. The van der Waals surface area contributed by atoms with Crippen molar-refractivity contribution in [1.82, 2.24) is 5.32 Å². The largest absolute Gasteiger partial charge is 0.469 e. The third-order valence-electron chi connectivity index (χ3n) is 6.15. The van der Waals surface area contributed by atoms with E-state index in [0.717, 1.165) is 71.1 Å². The molecule has 1 aliphatic heterocycles. The Morgan fingerprint density at radius 3 is 2.32 bits per heavy atom. The molecule has 1 amide bonds. The van der Waals surface area contributed by atoms with Gasteiger partial charge in [0.05, 0.1) is 19.1 Å². The van der Waals surface area contributed by atoms with Crippen molar-refractivity contribution >= 4 is 11.9 Å². The van der Waals surface area contributed by atoms with Crippen LogP contribution in [0.2, 0.25) is 0 Å². The molecule has 4 aliphatic rings. The van der Waals surface area contributed by atoms with Crippen molar-refractivity contribution < 1.29 is 19.1 Å². The summed E-state index contributed by atoms with van der Waals surface area (Å²) in [6.45, 7) is 2.34. The second kappa shape index (κ2) is 6.19. The highest BCUT2D eigenvalue weighted by molar-refractivity contribution is 5.85. The van der Waals surface area contributed by atoms with Crippen molar-refractivity contribution in [1.29, 1.82) is 0 Å². The third kappa shape index (κ3) is 2.75. The van der Waals surface area contributed by atoms with Gasteiger partial charge < -0.3 is 14.8 Å². The lowest BCUT2D eigenvalue weighted by Crippen LogP contribution is -2.53. The van der Waals surface area contributed by atoms with Crippen molar-refractivity contribution in [3.8, 4) is 0 Å². The summed E-state index contributed by atoms with van der Waals surface area (Å²) in [4.78, 5) is 24.7. The quantitative estimate of drug-likeness (QED) is 0.807. The molecule has 3 aliphatic carbocycles. The van der Waals surface area contributed by atoms with Gasteiger partial charge in [-0.3, -0.25) is 9.59 Å². The Labute approximate surface area is 132 Å². The highest BCUT2D eigenvalue weighted by Gasteiger charge is 2.55. The molecule has 22 heavy (non-hydrogen) atoms. The maximum atomic E-state index is 12.7. The van der Waals surface area contributed by atoms with E-state index in [-0.39, 0.29) is 22.7 Å². The van der Waals surface area contributed by atoms with Gasteiger partial charge in [0.25, 0.3) is 0 Å². The second-order valence-corrected chi connectivity index (χ2v) is 7.35. The first-order chi connectivity index (χ1) is 10.6. The van der Waals surface area contributed by atoms with Crippen LogP contribution in [0.25, 0.3) is 0 Å². The second-order valence-electron chi connectivity index (χ2n) is 7.35. The molecule has 0 spiro atoms. The molecule has 5 nitrogen and oxygen atoms in total. The molecule has 3 saturated carbocycles. The highest BCUT2D eigenvalue weighted by Crippen LogP contribution is 2.57. The van der Waals surface area contributed by atoms with Crippen LogP contribution in [-0.4, -0.2) is 38.7 Å². The predicted molar refractivity (Wildman–Crippen MR) is 81.1 cm³/mol. The number of rotatable bonds is 4. The topological polar surface area (TPSA) is 64.6 Å². The molecule has 2 bridgehead atoms.